The Morgan fingerprint density at radius 2 is 1.24 bits per heavy atom. The van der Waals surface area contributed by atoms with Crippen molar-refractivity contribution in [2.75, 3.05) is 6.61 Å². The summed E-state index contributed by atoms with van der Waals surface area (Å²) >= 11 is 0.216. The number of carbonyl (C=O) groups is 3. The Bertz CT molecular complexity index is 2440. The van der Waals surface area contributed by atoms with Gasteiger partial charge in [-0.1, -0.05) is 73.3 Å². The van der Waals surface area contributed by atoms with Crippen LogP contribution in [0.5, 0.6) is 11.8 Å². The lowest BCUT2D eigenvalue weighted by Crippen LogP contribution is -2.14. The smallest absolute Gasteiger partial charge is 0.421 e. The van der Waals surface area contributed by atoms with Gasteiger partial charge >= 0.3 is 6.09 Å². The van der Waals surface area contributed by atoms with E-state index < -0.39 is 6.09 Å². The Balaban J connectivity index is 0.000000157. The normalized spacial score (nSPS) is 13.1. The van der Waals surface area contributed by atoms with Gasteiger partial charge in [0.05, 0.1) is 33.5 Å². The molecule has 2 aromatic heterocycles. The summed E-state index contributed by atoms with van der Waals surface area (Å²) in [5.74, 6) is -1.01. The summed E-state index contributed by atoms with van der Waals surface area (Å²) in [5.41, 5.74) is 4.14. The number of para-hydroxylation sites is 4. The number of aromatic nitrogens is 2. The lowest BCUT2D eigenvalue weighted by molar-refractivity contribution is 0.106. The van der Waals surface area contributed by atoms with E-state index in [1.807, 2.05) is 24.3 Å². The molecule has 0 fully saturated rings. The third-order valence-corrected chi connectivity index (χ3v) is 8.41. The fourth-order valence-electron chi connectivity index (χ4n) is 6.03. The van der Waals surface area contributed by atoms with Crippen LogP contribution in [0, 0.1) is 0 Å². The number of hydrogen-bond acceptors (Lipinski definition) is 11. The van der Waals surface area contributed by atoms with Gasteiger partial charge in [-0.2, -0.15) is 0 Å². The highest BCUT2D eigenvalue weighted by atomic mass is 32.2. The summed E-state index contributed by atoms with van der Waals surface area (Å²) in [5, 5.41) is 22.6. The molecule has 0 unspecified atom stereocenters. The van der Waals surface area contributed by atoms with E-state index in [0.29, 0.717) is 49.9 Å². The molecule has 0 spiro atoms. The number of rotatable bonds is 7. The first-order chi connectivity index (χ1) is 24.3. The molecular weight excluding hydrogens is 660 g/mol. The van der Waals surface area contributed by atoms with E-state index in [1.165, 1.54) is 10.6 Å². The molecule has 50 heavy (non-hydrogen) atoms. The highest BCUT2D eigenvalue weighted by Gasteiger charge is 2.33. The van der Waals surface area contributed by atoms with Gasteiger partial charge in [0.2, 0.25) is 23.3 Å². The van der Waals surface area contributed by atoms with E-state index in [9.17, 15) is 24.6 Å². The zero-order valence-corrected chi connectivity index (χ0v) is 26.8. The van der Waals surface area contributed by atoms with E-state index in [2.05, 4.69) is 16.6 Å². The topological polar surface area (TPSA) is 165 Å². The monoisotopic (exact) mass is 686 g/mol. The molecule has 13 heteroatoms. The maximum atomic E-state index is 12.8. The van der Waals surface area contributed by atoms with E-state index in [0.717, 1.165) is 4.57 Å². The first-order valence-electron chi connectivity index (χ1n) is 15.1. The summed E-state index contributed by atoms with van der Waals surface area (Å²) < 4.78 is 21.3. The fraction of sp³-hybridized carbons (Fsp3) is 0.0541. The molecule has 12 nitrogen and oxygen atoms in total. The Morgan fingerprint density at radius 3 is 1.80 bits per heavy atom. The quantitative estimate of drug-likeness (QED) is 0.113. The van der Waals surface area contributed by atoms with Crippen LogP contribution >= 0.6 is 12.3 Å². The van der Waals surface area contributed by atoms with Gasteiger partial charge in [-0.3, -0.25) is 18.3 Å². The molecule has 6 aromatic rings. The summed E-state index contributed by atoms with van der Waals surface area (Å²) in [4.78, 5) is 46.6. The van der Waals surface area contributed by atoms with Crippen LogP contribution in [-0.2, 0) is 15.7 Å². The SMILES string of the molecule is C=CCOC(=O)n1c(O)c(C2=Nc3ccccc3C2=O)c2ccccc21.O=C1C(c2c(O)n(COSO)c3ccccc23)=Nc2ccccc21. The molecule has 0 atom stereocenters. The van der Waals surface area contributed by atoms with Crippen molar-refractivity contribution in [3.63, 3.8) is 0 Å². The largest absolute Gasteiger partial charge is 0.494 e. The van der Waals surface area contributed by atoms with Crippen LogP contribution < -0.4 is 0 Å². The standard InChI is InChI=1S/C20H14N2O4.C17H12N2O4S/c1-2-11-26-20(25)22-15-10-6-4-8-13(15)16(19(22)24)17-18(23)12-7-3-5-9-14(12)21-17;20-16-10-5-1-3-7-12(10)18-15(16)14-11-6-2-4-8-13(11)19(17(14)21)9-23-24-22/h2-10,24H,1,11H2;1-8,21-22H,9H2. The van der Waals surface area contributed by atoms with Crippen LogP contribution in [-0.4, -0.2) is 59.6 Å². The minimum absolute atomic E-state index is 0.00539. The molecule has 4 heterocycles. The Morgan fingerprint density at radius 1 is 0.740 bits per heavy atom. The van der Waals surface area contributed by atoms with Gasteiger partial charge in [-0.05, 0) is 36.4 Å². The van der Waals surface area contributed by atoms with Crippen molar-refractivity contribution in [2.45, 2.75) is 6.73 Å². The first-order valence-corrected chi connectivity index (χ1v) is 15.8. The van der Waals surface area contributed by atoms with Crippen molar-refractivity contribution in [3.05, 3.63) is 132 Å². The lowest BCUT2D eigenvalue weighted by Gasteiger charge is -2.05. The average Bonchev–Trinajstić information content (AvgIpc) is 3.83. The second-order valence-corrected chi connectivity index (χ2v) is 11.4. The lowest BCUT2D eigenvalue weighted by atomic mass is 10.0. The van der Waals surface area contributed by atoms with Crippen molar-refractivity contribution in [1.29, 1.82) is 0 Å². The van der Waals surface area contributed by atoms with Crippen molar-refractivity contribution in [2.24, 2.45) is 9.98 Å². The highest BCUT2D eigenvalue weighted by molar-refractivity contribution is 7.88. The maximum Gasteiger partial charge on any atom is 0.421 e. The molecular formula is C37H26N4O8S. The first kappa shape index (κ1) is 32.3. The zero-order chi connectivity index (χ0) is 34.9. The number of benzene rings is 4. The molecule has 0 bridgehead atoms. The van der Waals surface area contributed by atoms with Gasteiger partial charge in [0.25, 0.3) is 0 Å². The Kier molecular flexibility index (Phi) is 8.60. The summed E-state index contributed by atoms with van der Waals surface area (Å²) in [6.45, 7) is 3.44. The number of ketones is 2. The van der Waals surface area contributed by atoms with Crippen LogP contribution in [0.2, 0.25) is 0 Å². The van der Waals surface area contributed by atoms with Crippen molar-refractivity contribution >= 4 is 74.6 Å². The molecule has 0 radical (unpaired) electrons. The van der Waals surface area contributed by atoms with E-state index in [1.54, 1.807) is 72.8 Å². The van der Waals surface area contributed by atoms with Crippen LogP contribution in [0.25, 0.3) is 21.8 Å². The number of fused-ring (bicyclic) bond motifs is 4. The van der Waals surface area contributed by atoms with E-state index in [-0.39, 0.29) is 66.0 Å². The number of ether oxygens (including phenoxy) is 1. The van der Waals surface area contributed by atoms with Gasteiger partial charge < -0.3 is 19.5 Å². The molecule has 0 aliphatic carbocycles. The third-order valence-electron chi connectivity index (χ3n) is 8.20. The maximum absolute atomic E-state index is 12.8. The van der Waals surface area contributed by atoms with Gasteiger partial charge in [-0.15, -0.1) is 0 Å². The predicted octanol–water partition coefficient (Wildman–Crippen LogP) is 7.59. The molecule has 0 saturated carbocycles. The highest BCUT2D eigenvalue weighted by Crippen LogP contribution is 2.39. The number of hydrogen-bond donors (Lipinski definition) is 3. The van der Waals surface area contributed by atoms with Gasteiger partial charge in [0.1, 0.15) is 24.8 Å². The van der Waals surface area contributed by atoms with Crippen molar-refractivity contribution < 1.29 is 38.1 Å². The average molecular weight is 687 g/mol. The molecule has 2 aliphatic heterocycles. The van der Waals surface area contributed by atoms with Gasteiger partial charge in [0.15, 0.2) is 12.3 Å². The van der Waals surface area contributed by atoms with E-state index >= 15 is 0 Å². The number of carbonyl (C=O) groups excluding carboxylic acids is 3. The number of aliphatic imine (C=N–C) groups is 2. The third kappa shape index (κ3) is 5.35. The Hall–Kier alpha value is -6.28. The molecule has 0 saturated heterocycles. The zero-order valence-electron chi connectivity index (χ0n) is 26.0. The van der Waals surface area contributed by atoms with Crippen LogP contribution in [0.3, 0.4) is 0 Å². The molecule has 8 rings (SSSR count). The van der Waals surface area contributed by atoms with Crippen molar-refractivity contribution in [1.82, 2.24) is 9.13 Å². The van der Waals surface area contributed by atoms with Crippen molar-refractivity contribution in [3.8, 4) is 11.8 Å². The molecule has 0 amide bonds. The molecule has 248 valence electrons. The second kappa shape index (κ2) is 13.3. The summed E-state index contributed by atoms with van der Waals surface area (Å²) in [7, 11) is 0. The molecule has 2 aliphatic rings. The van der Waals surface area contributed by atoms with Gasteiger partial charge in [-0.25, -0.2) is 19.3 Å². The predicted molar refractivity (Wildman–Crippen MR) is 189 cm³/mol. The van der Waals surface area contributed by atoms with E-state index in [4.69, 9.17) is 13.5 Å². The minimum atomic E-state index is -0.756. The summed E-state index contributed by atoms with van der Waals surface area (Å²) in [6.07, 6.45) is 0.677. The van der Waals surface area contributed by atoms with Crippen LogP contribution in [0.1, 0.15) is 31.8 Å². The molecule has 4 aromatic carbocycles. The number of aromatic hydroxyl groups is 2. The number of nitrogens with zero attached hydrogens (tertiary/aromatic N) is 4. The Labute approximate surface area is 288 Å². The fourth-order valence-corrected chi connectivity index (χ4v) is 6.19. The van der Waals surface area contributed by atoms with Crippen LogP contribution in [0.4, 0.5) is 16.2 Å². The molecule has 3 N–H and O–H groups in total. The minimum Gasteiger partial charge on any atom is -0.494 e. The summed E-state index contributed by atoms with van der Waals surface area (Å²) in [6, 6.07) is 28.2. The second-order valence-electron chi connectivity index (χ2n) is 11.0. The van der Waals surface area contributed by atoms with Crippen LogP contribution in [0.15, 0.2) is 120 Å². The van der Waals surface area contributed by atoms with Gasteiger partial charge in [0, 0.05) is 21.9 Å². The number of Topliss-reactive ketones (excluding diaryl/α,β-unsaturated/α-hetero) is 2.